The van der Waals surface area contributed by atoms with E-state index in [1.54, 1.807) is 30.3 Å². The van der Waals surface area contributed by atoms with Gasteiger partial charge >= 0.3 is 0 Å². The summed E-state index contributed by atoms with van der Waals surface area (Å²) >= 11 is 0. The van der Waals surface area contributed by atoms with E-state index >= 15 is 0 Å². The number of sulfone groups is 1. The molecule has 0 aliphatic heterocycles. The van der Waals surface area contributed by atoms with Crippen molar-refractivity contribution in [1.29, 1.82) is 0 Å². The van der Waals surface area contributed by atoms with Crippen LogP contribution in [0.25, 0.3) is 0 Å². The largest absolute Gasteiger partial charge is 0.218 e. The molecule has 0 fully saturated rings. The van der Waals surface area contributed by atoms with Crippen molar-refractivity contribution >= 4 is 9.84 Å². The van der Waals surface area contributed by atoms with Crippen LogP contribution in [0.5, 0.6) is 0 Å². The van der Waals surface area contributed by atoms with Gasteiger partial charge < -0.3 is 0 Å². The Hall–Kier alpha value is -1.75. The number of hydrogen-bond donors (Lipinski definition) is 0. The van der Waals surface area contributed by atoms with Gasteiger partial charge in [-0.05, 0) is 25.0 Å². The van der Waals surface area contributed by atoms with Crippen LogP contribution in [-0.4, -0.2) is 8.42 Å². The summed E-state index contributed by atoms with van der Waals surface area (Å²) in [6.07, 6.45) is 6.69. The van der Waals surface area contributed by atoms with Gasteiger partial charge in [0, 0.05) is 6.42 Å². The second kappa shape index (κ2) is 6.10. The van der Waals surface area contributed by atoms with Gasteiger partial charge in [0.25, 0.3) is 0 Å². The number of benzene rings is 1. The molecule has 0 aliphatic carbocycles. The lowest BCUT2D eigenvalue weighted by Crippen LogP contribution is -2.04. The maximum absolute atomic E-state index is 12.2. The topological polar surface area (TPSA) is 34.1 Å². The number of unbranched alkanes of at least 4 members (excludes halogenated alkanes) is 1. The van der Waals surface area contributed by atoms with E-state index in [1.807, 2.05) is 0 Å². The van der Waals surface area contributed by atoms with Crippen LogP contribution in [0.4, 0.5) is 0 Å². The molecule has 0 aliphatic rings. The van der Waals surface area contributed by atoms with Crippen LogP contribution in [0.15, 0.2) is 52.4 Å². The molecule has 0 spiro atoms. The van der Waals surface area contributed by atoms with E-state index in [0.717, 1.165) is 0 Å². The Labute approximate surface area is 103 Å². The van der Waals surface area contributed by atoms with Crippen LogP contribution in [0, 0.1) is 12.3 Å². The first-order valence-corrected chi connectivity index (χ1v) is 6.73. The summed E-state index contributed by atoms with van der Waals surface area (Å²) in [5, 5.41) is 0. The fourth-order valence-corrected chi connectivity index (χ4v) is 2.81. The van der Waals surface area contributed by atoms with Crippen molar-refractivity contribution in [1.82, 2.24) is 0 Å². The van der Waals surface area contributed by atoms with E-state index < -0.39 is 9.84 Å². The Morgan fingerprint density at radius 1 is 1.29 bits per heavy atom. The molecule has 0 saturated heterocycles. The average Bonchev–Trinajstić information content (AvgIpc) is 2.35. The third kappa shape index (κ3) is 3.35. The van der Waals surface area contributed by atoms with Gasteiger partial charge in [-0.1, -0.05) is 24.8 Å². The zero-order chi connectivity index (χ0) is 12.7. The Kier molecular flexibility index (Phi) is 4.78. The molecular weight excluding hydrogens is 232 g/mol. The molecule has 0 radical (unpaired) electrons. The van der Waals surface area contributed by atoms with Crippen molar-refractivity contribution in [3.63, 3.8) is 0 Å². The zero-order valence-corrected chi connectivity index (χ0v) is 10.3. The molecule has 0 bridgehead atoms. The van der Waals surface area contributed by atoms with Crippen LogP contribution in [-0.2, 0) is 9.84 Å². The molecule has 0 atom stereocenters. The average molecular weight is 246 g/mol. The van der Waals surface area contributed by atoms with E-state index in [4.69, 9.17) is 6.42 Å². The number of terminal acetylenes is 1. The summed E-state index contributed by atoms with van der Waals surface area (Å²) in [4.78, 5) is 0.478. The van der Waals surface area contributed by atoms with Gasteiger partial charge in [0.15, 0.2) is 0 Å². The predicted octanol–water partition coefficient (Wildman–Crippen LogP) is 2.93. The second-order valence-corrected chi connectivity index (χ2v) is 5.45. The summed E-state index contributed by atoms with van der Waals surface area (Å²) in [6.45, 7) is 3.44. The van der Waals surface area contributed by atoms with Crippen molar-refractivity contribution in [3.8, 4) is 12.3 Å². The lowest BCUT2D eigenvalue weighted by Gasteiger charge is -2.06. The molecule has 0 aromatic heterocycles. The van der Waals surface area contributed by atoms with Crippen LogP contribution in [0.3, 0.4) is 0 Å². The van der Waals surface area contributed by atoms with E-state index in [-0.39, 0.29) is 9.80 Å². The standard InChI is InChI=1S/C14H14O2S/c1-3-5-7-10-13(4-2)17(15,16)14-11-8-6-9-12-14/h1,6,8-9,11-12H,2,5,7,10H2. The molecule has 0 heterocycles. The van der Waals surface area contributed by atoms with E-state index in [1.165, 1.54) is 0 Å². The quantitative estimate of drug-likeness (QED) is 0.455. The fourth-order valence-electron chi connectivity index (χ4n) is 1.41. The number of rotatable bonds is 5. The van der Waals surface area contributed by atoms with Crippen LogP contribution in [0.2, 0.25) is 0 Å². The first kappa shape index (κ1) is 13.3. The van der Waals surface area contributed by atoms with Gasteiger partial charge in [0.05, 0.1) is 9.80 Å². The first-order chi connectivity index (χ1) is 8.12. The molecule has 1 rings (SSSR count). The van der Waals surface area contributed by atoms with Gasteiger partial charge in [0.2, 0.25) is 9.84 Å². The summed E-state index contributed by atoms with van der Waals surface area (Å²) in [6, 6.07) is 8.28. The van der Waals surface area contributed by atoms with Gasteiger partial charge in [-0.25, -0.2) is 8.42 Å². The minimum absolute atomic E-state index is 0.207. The first-order valence-electron chi connectivity index (χ1n) is 5.25. The summed E-state index contributed by atoms with van der Waals surface area (Å²) in [5.41, 5.74) is 2.51. The Bertz CT molecular complexity index is 556. The van der Waals surface area contributed by atoms with Gasteiger partial charge in [-0.15, -0.1) is 18.1 Å². The second-order valence-electron chi connectivity index (χ2n) is 3.47. The zero-order valence-electron chi connectivity index (χ0n) is 9.52. The highest BCUT2D eigenvalue weighted by Gasteiger charge is 2.19. The van der Waals surface area contributed by atoms with E-state index in [9.17, 15) is 8.42 Å². The maximum atomic E-state index is 12.2. The van der Waals surface area contributed by atoms with Crippen LogP contribution in [0.1, 0.15) is 19.3 Å². The molecule has 1 aromatic carbocycles. The highest BCUT2D eigenvalue weighted by molar-refractivity contribution is 7.95. The minimum atomic E-state index is -3.46. The summed E-state index contributed by atoms with van der Waals surface area (Å²) < 4.78 is 24.3. The van der Waals surface area contributed by atoms with Crippen molar-refractivity contribution < 1.29 is 8.42 Å². The van der Waals surface area contributed by atoms with Crippen LogP contribution >= 0.6 is 0 Å². The Morgan fingerprint density at radius 3 is 2.47 bits per heavy atom. The third-order valence-electron chi connectivity index (χ3n) is 2.30. The van der Waals surface area contributed by atoms with E-state index in [2.05, 4.69) is 18.2 Å². The summed E-state index contributed by atoms with van der Waals surface area (Å²) in [5.74, 6) is 2.48. The van der Waals surface area contributed by atoms with Crippen molar-refractivity contribution in [2.24, 2.45) is 0 Å². The molecule has 0 unspecified atom stereocenters. The highest BCUT2D eigenvalue weighted by atomic mass is 32.2. The smallest absolute Gasteiger partial charge is 0.209 e. The van der Waals surface area contributed by atoms with Crippen molar-refractivity contribution in [3.05, 3.63) is 47.5 Å². The fraction of sp³-hybridized carbons (Fsp3) is 0.214. The summed E-state index contributed by atoms with van der Waals surface area (Å²) in [7, 11) is -3.46. The molecule has 17 heavy (non-hydrogen) atoms. The molecular formula is C14H14O2S. The van der Waals surface area contributed by atoms with Crippen molar-refractivity contribution in [2.75, 3.05) is 0 Å². The third-order valence-corrected chi connectivity index (χ3v) is 4.19. The minimum Gasteiger partial charge on any atom is -0.218 e. The monoisotopic (exact) mass is 246 g/mol. The molecule has 3 heteroatoms. The Morgan fingerprint density at radius 2 is 1.94 bits per heavy atom. The number of hydrogen-bond acceptors (Lipinski definition) is 2. The normalized spacial score (nSPS) is 10.3. The van der Waals surface area contributed by atoms with Crippen LogP contribution < -0.4 is 0 Å². The maximum Gasteiger partial charge on any atom is 0.209 e. The molecule has 0 N–H and O–H groups in total. The predicted molar refractivity (Wildman–Crippen MR) is 69.0 cm³/mol. The SMILES string of the molecule is C#CCCCC(=C=C)S(=O)(=O)c1ccccc1. The molecule has 88 valence electrons. The Balaban J connectivity index is 2.98. The van der Waals surface area contributed by atoms with Gasteiger partial charge in [0.1, 0.15) is 0 Å². The molecule has 0 amide bonds. The van der Waals surface area contributed by atoms with Crippen molar-refractivity contribution in [2.45, 2.75) is 24.2 Å². The molecule has 1 aromatic rings. The van der Waals surface area contributed by atoms with E-state index in [0.29, 0.717) is 19.3 Å². The number of allylic oxidation sites excluding steroid dienone is 1. The van der Waals surface area contributed by atoms with Gasteiger partial charge in [-0.3, -0.25) is 0 Å². The highest BCUT2D eigenvalue weighted by Crippen LogP contribution is 2.22. The molecule has 2 nitrogen and oxygen atoms in total. The lowest BCUT2D eigenvalue weighted by atomic mass is 10.2. The van der Waals surface area contributed by atoms with Gasteiger partial charge in [-0.2, -0.15) is 0 Å². The lowest BCUT2D eigenvalue weighted by molar-refractivity contribution is 0.599. The molecule has 0 saturated carbocycles.